The molecule has 0 saturated heterocycles. The molecule has 1 fully saturated rings. The number of anilines is 1. The Morgan fingerprint density at radius 2 is 1.82 bits per heavy atom. The normalized spacial score (nSPS) is 16.4. The Bertz CT molecular complexity index is 360. The fourth-order valence-corrected chi connectivity index (χ4v) is 2.71. The summed E-state index contributed by atoms with van der Waals surface area (Å²) in [4.78, 5) is 2.43. The van der Waals surface area contributed by atoms with E-state index >= 15 is 0 Å². The number of hydrogen-bond acceptors (Lipinski definition) is 2. The van der Waals surface area contributed by atoms with Crippen LogP contribution >= 0.6 is 0 Å². The maximum absolute atomic E-state index is 8.78. The molecule has 1 aliphatic rings. The monoisotopic (exact) mass is 228 g/mol. The molecule has 0 bridgehead atoms. The average Bonchev–Trinajstić information content (AvgIpc) is 2.42. The molecule has 90 valence electrons. The molecule has 1 saturated carbocycles. The third-order valence-corrected chi connectivity index (χ3v) is 3.57. The first kappa shape index (κ1) is 12.0. The van der Waals surface area contributed by atoms with Gasteiger partial charge in [-0.25, -0.2) is 0 Å². The van der Waals surface area contributed by atoms with E-state index in [1.54, 1.807) is 0 Å². The third kappa shape index (κ3) is 3.23. The lowest BCUT2D eigenvalue weighted by Crippen LogP contribution is -2.37. The zero-order valence-electron chi connectivity index (χ0n) is 10.3. The molecule has 0 atom stereocenters. The van der Waals surface area contributed by atoms with Crippen molar-refractivity contribution in [1.29, 1.82) is 5.26 Å². The number of para-hydroxylation sites is 1. The van der Waals surface area contributed by atoms with Gasteiger partial charge in [0.2, 0.25) is 0 Å². The molecule has 2 rings (SSSR count). The van der Waals surface area contributed by atoms with E-state index in [1.165, 1.54) is 37.8 Å². The fraction of sp³-hybridized carbons (Fsp3) is 0.533. The summed E-state index contributed by atoms with van der Waals surface area (Å²) in [5.74, 6) is 0. The molecule has 17 heavy (non-hydrogen) atoms. The molecule has 1 aromatic rings. The molecular formula is C15H20N2. The fourth-order valence-electron chi connectivity index (χ4n) is 2.71. The van der Waals surface area contributed by atoms with Gasteiger partial charge in [-0.1, -0.05) is 37.5 Å². The minimum Gasteiger partial charge on any atom is -0.368 e. The van der Waals surface area contributed by atoms with Gasteiger partial charge in [0, 0.05) is 18.3 Å². The lowest BCUT2D eigenvalue weighted by Gasteiger charge is -2.35. The van der Waals surface area contributed by atoms with E-state index in [2.05, 4.69) is 35.2 Å². The van der Waals surface area contributed by atoms with Crippen molar-refractivity contribution in [2.24, 2.45) is 0 Å². The van der Waals surface area contributed by atoms with E-state index in [-0.39, 0.29) is 0 Å². The molecule has 2 nitrogen and oxygen atoms in total. The van der Waals surface area contributed by atoms with Crippen molar-refractivity contribution in [2.45, 2.75) is 44.6 Å². The molecule has 1 aliphatic carbocycles. The van der Waals surface area contributed by atoms with Crippen LogP contribution < -0.4 is 4.90 Å². The summed E-state index contributed by atoms with van der Waals surface area (Å²) in [5.41, 5.74) is 1.27. The van der Waals surface area contributed by atoms with Crippen LogP contribution in [-0.4, -0.2) is 12.6 Å². The Labute approximate surface area is 104 Å². The molecule has 0 spiro atoms. The maximum Gasteiger partial charge on any atom is 0.0640 e. The quantitative estimate of drug-likeness (QED) is 0.785. The summed E-state index contributed by atoms with van der Waals surface area (Å²) in [7, 11) is 0. The third-order valence-electron chi connectivity index (χ3n) is 3.57. The van der Waals surface area contributed by atoms with Crippen LogP contribution in [0.1, 0.15) is 38.5 Å². The van der Waals surface area contributed by atoms with E-state index in [1.807, 2.05) is 6.07 Å². The highest BCUT2D eigenvalue weighted by molar-refractivity contribution is 5.47. The number of nitriles is 1. The summed E-state index contributed by atoms with van der Waals surface area (Å²) in [6.45, 7) is 0.866. The van der Waals surface area contributed by atoms with Crippen LogP contribution in [0.5, 0.6) is 0 Å². The van der Waals surface area contributed by atoms with Gasteiger partial charge < -0.3 is 4.90 Å². The molecule has 0 radical (unpaired) electrons. The Morgan fingerprint density at radius 1 is 1.12 bits per heavy atom. The van der Waals surface area contributed by atoms with E-state index in [4.69, 9.17) is 5.26 Å². The smallest absolute Gasteiger partial charge is 0.0640 e. The Balaban J connectivity index is 2.10. The van der Waals surface area contributed by atoms with Crippen molar-refractivity contribution in [3.05, 3.63) is 30.3 Å². The van der Waals surface area contributed by atoms with Crippen LogP contribution in [0.15, 0.2) is 30.3 Å². The summed E-state index contributed by atoms with van der Waals surface area (Å²) in [6, 6.07) is 13.4. The first-order valence-electron chi connectivity index (χ1n) is 6.60. The van der Waals surface area contributed by atoms with Crippen LogP contribution in [0.3, 0.4) is 0 Å². The van der Waals surface area contributed by atoms with Crippen molar-refractivity contribution >= 4 is 5.69 Å². The predicted octanol–water partition coefficient (Wildman–Crippen LogP) is 3.74. The Morgan fingerprint density at radius 3 is 2.47 bits per heavy atom. The van der Waals surface area contributed by atoms with Gasteiger partial charge in [-0.05, 0) is 25.0 Å². The van der Waals surface area contributed by atoms with E-state index in [0.717, 1.165) is 6.54 Å². The molecule has 0 heterocycles. The SMILES string of the molecule is N#CCCN(c1ccccc1)C1CCCCC1. The highest BCUT2D eigenvalue weighted by Crippen LogP contribution is 2.27. The van der Waals surface area contributed by atoms with Gasteiger partial charge in [0.05, 0.1) is 12.5 Å². The van der Waals surface area contributed by atoms with E-state index in [9.17, 15) is 0 Å². The zero-order valence-corrected chi connectivity index (χ0v) is 10.3. The van der Waals surface area contributed by atoms with Gasteiger partial charge >= 0.3 is 0 Å². The minimum atomic E-state index is 0.616. The van der Waals surface area contributed by atoms with Crippen LogP contribution in [-0.2, 0) is 0 Å². The molecule has 1 aromatic carbocycles. The summed E-state index contributed by atoms with van der Waals surface area (Å²) >= 11 is 0. The molecule has 0 aromatic heterocycles. The molecular weight excluding hydrogens is 208 g/mol. The molecule has 0 amide bonds. The molecule has 0 aliphatic heterocycles. The topological polar surface area (TPSA) is 27.0 Å². The number of rotatable bonds is 4. The van der Waals surface area contributed by atoms with Gasteiger partial charge in [-0.3, -0.25) is 0 Å². The molecule has 0 unspecified atom stereocenters. The van der Waals surface area contributed by atoms with Crippen molar-refractivity contribution < 1.29 is 0 Å². The highest BCUT2D eigenvalue weighted by Gasteiger charge is 2.20. The van der Waals surface area contributed by atoms with Crippen LogP contribution in [0.4, 0.5) is 5.69 Å². The van der Waals surface area contributed by atoms with Crippen LogP contribution in [0.25, 0.3) is 0 Å². The minimum absolute atomic E-state index is 0.616. The molecule has 0 N–H and O–H groups in total. The van der Waals surface area contributed by atoms with Crippen molar-refractivity contribution in [3.63, 3.8) is 0 Å². The number of nitrogens with zero attached hydrogens (tertiary/aromatic N) is 2. The average molecular weight is 228 g/mol. The van der Waals surface area contributed by atoms with Gasteiger partial charge in [0.15, 0.2) is 0 Å². The van der Waals surface area contributed by atoms with Crippen molar-refractivity contribution in [2.75, 3.05) is 11.4 Å². The van der Waals surface area contributed by atoms with Gasteiger partial charge in [0.1, 0.15) is 0 Å². The lowest BCUT2D eigenvalue weighted by atomic mass is 9.93. The van der Waals surface area contributed by atoms with E-state index < -0.39 is 0 Å². The van der Waals surface area contributed by atoms with Gasteiger partial charge in [-0.15, -0.1) is 0 Å². The van der Waals surface area contributed by atoms with Gasteiger partial charge in [-0.2, -0.15) is 5.26 Å². The second kappa shape index (κ2) is 6.30. The van der Waals surface area contributed by atoms with Crippen molar-refractivity contribution in [1.82, 2.24) is 0 Å². The first-order chi connectivity index (χ1) is 8.42. The predicted molar refractivity (Wildman–Crippen MR) is 70.9 cm³/mol. The number of benzene rings is 1. The maximum atomic E-state index is 8.78. The summed E-state index contributed by atoms with van der Waals surface area (Å²) < 4.78 is 0. The second-order valence-corrected chi connectivity index (χ2v) is 4.73. The van der Waals surface area contributed by atoms with Gasteiger partial charge in [0.25, 0.3) is 0 Å². The largest absolute Gasteiger partial charge is 0.368 e. The lowest BCUT2D eigenvalue weighted by molar-refractivity contribution is 0.416. The second-order valence-electron chi connectivity index (χ2n) is 4.73. The summed E-state index contributed by atoms with van der Waals surface area (Å²) in [6.07, 6.45) is 7.21. The molecule has 2 heteroatoms. The highest BCUT2D eigenvalue weighted by atomic mass is 15.2. The Kier molecular flexibility index (Phi) is 4.44. The number of hydrogen-bond donors (Lipinski definition) is 0. The van der Waals surface area contributed by atoms with Crippen molar-refractivity contribution in [3.8, 4) is 6.07 Å². The Hall–Kier alpha value is -1.49. The standard InChI is InChI=1S/C15H20N2/c16-12-7-13-17(14-8-3-1-4-9-14)15-10-5-2-6-11-15/h1,3-4,8-9,15H,2,5-7,10-11,13H2. The summed E-state index contributed by atoms with van der Waals surface area (Å²) in [5, 5.41) is 8.78. The van der Waals surface area contributed by atoms with Crippen LogP contribution in [0.2, 0.25) is 0 Å². The first-order valence-corrected chi connectivity index (χ1v) is 6.60. The van der Waals surface area contributed by atoms with Crippen LogP contribution in [0, 0.1) is 11.3 Å². The zero-order chi connectivity index (χ0) is 11.9. The van der Waals surface area contributed by atoms with E-state index in [0.29, 0.717) is 12.5 Å².